The van der Waals surface area contributed by atoms with Gasteiger partial charge in [0, 0.05) is 16.8 Å². The van der Waals surface area contributed by atoms with Crippen molar-refractivity contribution in [2.45, 2.75) is 0 Å². The summed E-state index contributed by atoms with van der Waals surface area (Å²) < 4.78 is 18.4. The molecule has 6 heteroatoms. The molecule has 0 unspecified atom stereocenters. The first kappa shape index (κ1) is 14.9. The Balaban J connectivity index is 2.20. The number of rotatable bonds is 4. The predicted octanol–water partition coefficient (Wildman–Crippen LogP) is 2.72. The number of nitrogens with two attached hydrogens (primary N) is 1. The summed E-state index contributed by atoms with van der Waals surface area (Å²) in [4.78, 5) is 12.3. The number of halogens is 1. The average Bonchev–Trinajstić information content (AvgIpc) is 2.47. The van der Waals surface area contributed by atoms with Crippen molar-refractivity contribution in [2.75, 3.05) is 12.4 Å². The second-order valence-corrected chi connectivity index (χ2v) is 4.69. The molecule has 0 heterocycles. The summed E-state index contributed by atoms with van der Waals surface area (Å²) in [5, 5.41) is 2.66. The number of carbonyl (C=O) groups is 1. The summed E-state index contributed by atoms with van der Waals surface area (Å²) in [6.45, 7) is 0. The highest BCUT2D eigenvalue weighted by Gasteiger charge is 2.10. The molecule has 108 valence electrons. The Bertz CT molecular complexity index is 704. The van der Waals surface area contributed by atoms with Gasteiger partial charge in [0.15, 0.2) is 11.6 Å². The second kappa shape index (κ2) is 6.32. The van der Waals surface area contributed by atoms with Crippen LogP contribution >= 0.6 is 12.2 Å². The van der Waals surface area contributed by atoms with Crippen molar-refractivity contribution in [3.63, 3.8) is 0 Å². The molecule has 0 aliphatic heterocycles. The molecule has 21 heavy (non-hydrogen) atoms. The maximum Gasteiger partial charge on any atom is 0.255 e. The first-order chi connectivity index (χ1) is 10.0. The lowest BCUT2D eigenvalue weighted by Gasteiger charge is -2.08. The number of amides is 1. The minimum Gasteiger partial charge on any atom is -0.494 e. The summed E-state index contributed by atoms with van der Waals surface area (Å²) in [6.07, 6.45) is 0. The maximum absolute atomic E-state index is 13.6. The molecule has 0 saturated heterocycles. The summed E-state index contributed by atoms with van der Waals surface area (Å²) in [7, 11) is 1.36. The van der Waals surface area contributed by atoms with E-state index in [-0.39, 0.29) is 16.3 Å². The van der Waals surface area contributed by atoms with Gasteiger partial charge in [-0.2, -0.15) is 0 Å². The molecule has 0 atom stereocenters. The van der Waals surface area contributed by atoms with Crippen LogP contribution in [-0.2, 0) is 0 Å². The van der Waals surface area contributed by atoms with Crippen molar-refractivity contribution in [1.29, 1.82) is 0 Å². The van der Waals surface area contributed by atoms with Gasteiger partial charge in [0.2, 0.25) is 0 Å². The molecule has 3 N–H and O–H groups in total. The smallest absolute Gasteiger partial charge is 0.255 e. The van der Waals surface area contributed by atoms with Crippen LogP contribution in [0.25, 0.3) is 0 Å². The molecule has 2 aromatic carbocycles. The number of methoxy groups -OCH3 is 1. The van der Waals surface area contributed by atoms with Crippen LogP contribution in [0, 0.1) is 5.82 Å². The van der Waals surface area contributed by atoms with E-state index in [2.05, 4.69) is 5.32 Å². The van der Waals surface area contributed by atoms with Crippen LogP contribution in [0.5, 0.6) is 5.75 Å². The molecule has 0 aromatic heterocycles. The van der Waals surface area contributed by atoms with Gasteiger partial charge in [-0.15, -0.1) is 0 Å². The van der Waals surface area contributed by atoms with E-state index in [0.29, 0.717) is 11.3 Å². The van der Waals surface area contributed by atoms with Gasteiger partial charge in [-0.1, -0.05) is 24.4 Å². The second-order valence-electron chi connectivity index (χ2n) is 4.25. The van der Waals surface area contributed by atoms with E-state index in [4.69, 9.17) is 22.7 Å². The van der Waals surface area contributed by atoms with Crippen LogP contribution in [0.15, 0.2) is 42.5 Å². The molecule has 0 bridgehead atoms. The number of hydrogen-bond acceptors (Lipinski definition) is 3. The monoisotopic (exact) mass is 304 g/mol. The van der Waals surface area contributed by atoms with E-state index in [9.17, 15) is 9.18 Å². The van der Waals surface area contributed by atoms with Crippen molar-refractivity contribution in [2.24, 2.45) is 5.73 Å². The fourth-order valence-electron chi connectivity index (χ4n) is 1.76. The molecule has 2 aromatic rings. The van der Waals surface area contributed by atoms with Crippen LogP contribution in [0.2, 0.25) is 0 Å². The number of benzene rings is 2. The lowest BCUT2D eigenvalue weighted by atomic mass is 10.1. The molecule has 0 aliphatic carbocycles. The van der Waals surface area contributed by atoms with E-state index >= 15 is 0 Å². The first-order valence-corrected chi connectivity index (χ1v) is 6.47. The van der Waals surface area contributed by atoms with Crippen molar-refractivity contribution < 1.29 is 13.9 Å². The van der Waals surface area contributed by atoms with E-state index < -0.39 is 11.7 Å². The van der Waals surface area contributed by atoms with Crippen molar-refractivity contribution >= 4 is 28.8 Å². The average molecular weight is 304 g/mol. The maximum atomic E-state index is 13.6. The van der Waals surface area contributed by atoms with Gasteiger partial charge >= 0.3 is 0 Å². The minimum atomic E-state index is -0.595. The SMILES string of the molecule is COc1ccc(C(=O)Nc2cccc(C(N)=S)c2)cc1F. The summed E-state index contributed by atoms with van der Waals surface area (Å²) in [5.41, 5.74) is 6.89. The van der Waals surface area contributed by atoms with Gasteiger partial charge in [-0.05, 0) is 30.3 Å². The van der Waals surface area contributed by atoms with Gasteiger partial charge in [0.1, 0.15) is 4.99 Å². The Labute approximate surface area is 126 Å². The molecule has 1 amide bonds. The van der Waals surface area contributed by atoms with E-state index in [1.54, 1.807) is 24.3 Å². The van der Waals surface area contributed by atoms with Gasteiger partial charge < -0.3 is 15.8 Å². The van der Waals surface area contributed by atoms with Crippen LogP contribution in [0.1, 0.15) is 15.9 Å². The Morgan fingerprint density at radius 3 is 2.62 bits per heavy atom. The summed E-state index contributed by atoms with van der Waals surface area (Å²) in [6, 6.07) is 10.8. The van der Waals surface area contributed by atoms with Crippen LogP contribution in [0.4, 0.5) is 10.1 Å². The molecular formula is C15H13FN2O2S. The van der Waals surface area contributed by atoms with Gasteiger partial charge in [-0.3, -0.25) is 4.79 Å². The topological polar surface area (TPSA) is 64.3 Å². The van der Waals surface area contributed by atoms with Gasteiger partial charge in [0.25, 0.3) is 5.91 Å². The van der Waals surface area contributed by atoms with E-state index in [1.807, 2.05) is 0 Å². The lowest BCUT2D eigenvalue weighted by Crippen LogP contribution is -2.14. The van der Waals surface area contributed by atoms with E-state index in [1.165, 1.54) is 19.2 Å². The van der Waals surface area contributed by atoms with Crippen molar-refractivity contribution in [3.05, 3.63) is 59.4 Å². The number of thiocarbonyl (C=S) groups is 1. The lowest BCUT2D eigenvalue weighted by molar-refractivity contribution is 0.102. The standard InChI is InChI=1S/C15H13FN2O2S/c1-20-13-6-5-10(8-12(13)16)15(19)18-11-4-2-3-9(7-11)14(17)21/h2-8H,1H3,(H2,17,21)(H,18,19). The Hall–Kier alpha value is -2.47. The Morgan fingerprint density at radius 1 is 1.24 bits per heavy atom. The predicted molar refractivity (Wildman–Crippen MR) is 83.2 cm³/mol. The molecule has 0 spiro atoms. The zero-order valence-corrected chi connectivity index (χ0v) is 12.0. The number of ether oxygens (including phenoxy) is 1. The van der Waals surface area contributed by atoms with Gasteiger partial charge in [0.05, 0.1) is 7.11 Å². The zero-order valence-electron chi connectivity index (χ0n) is 11.2. The fraction of sp³-hybridized carbons (Fsp3) is 0.0667. The van der Waals surface area contributed by atoms with Crippen molar-refractivity contribution in [3.8, 4) is 5.75 Å². The molecule has 0 saturated carbocycles. The minimum absolute atomic E-state index is 0.0852. The first-order valence-electron chi connectivity index (χ1n) is 6.06. The van der Waals surface area contributed by atoms with Crippen molar-refractivity contribution in [1.82, 2.24) is 0 Å². The molecule has 4 nitrogen and oxygen atoms in total. The molecule has 0 radical (unpaired) electrons. The quantitative estimate of drug-likeness (QED) is 0.853. The van der Waals surface area contributed by atoms with E-state index in [0.717, 1.165) is 6.07 Å². The molecule has 0 fully saturated rings. The summed E-state index contributed by atoms with van der Waals surface area (Å²) >= 11 is 4.88. The normalized spacial score (nSPS) is 10.0. The number of carbonyl (C=O) groups excluding carboxylic acids is 1. The molecule has 2 rings (SSSR count). The Morgan fingerprint density at radius 2 is 2.00 bits per heavy atom. The Kier molecular flexibility index (Phi) is 4.49. The third-order valence-electron chi connectivity index (χ3n) is 2.82. The number of anilines is 1. The zero-order chi connectivity index (χ0) is 15.4. The number of nitrogens with one attached hydrogen (secondary N) is 1. The third-order valence-corrected chi connectivity index (χ3v) is 3.05. The largest absolute Gasteiger partial charge is 0.494 e. The van der Waals surface area contributed by atoms with Gasteiger partial charge in [-0.25, -0.2) is 4.39 Å². The molecule has 0 aliphatic rings. The summed E-state index contributed by atoms with van der Waals surface area (Å²) in [5.74, 6) is -0.944. The number of hydrogen-bond donors (Lipinski definition) is 2. The highest BCUT2D eigenvalue weighted by Crippen LogP contribution is 2.19. The van der Waals surface area contributed by atoms with Crippen LogP contribution in [-0.4, -0.2) is 18.0 Å². The highest BCUT2D eigenvalue weighted by molar-refractivity contribution is 7.80. The van der Waals surface area contributed by atoms with Crippen LogP contribution in [0.3, 0.4) is 0 Å². The van der Waals surface area contributed by atoms with Crippen LogP contribution < -0.4 is 15.8 Å². The molecular weight excluding hydrogens is 291 g/mol. The fourth-order valence-corrected chi connectivity index (χ4v) is 1.89. The highest BCUT2D eigenvalue weighted by atomic mass is 32.1. The third kappa shape index (κ3) is 3.55.